The lowest BCUT2D eigenvalue weighted by Gasteiger charge is -2.33. The van der Waals surface area contributed by atoms with Crippen molar-refractivity contribution in [3.05, 3.63) is 0 Å². The fraction of sp³-hybridized carbons (Fsp3) is 0.944. The highest BCUT2D eigenvalue weighted by molar-refractivity contribution is 14.0. The lowest BCUT2D eigenvalue weighted by Crippen LogP contribution is -2.46. The van der Waals surface area contributed by atoms with E-state index >= 15 is 0 Å². The molecule has 0 aromatic rings. The Kier molecular flexibility index (Phi) is 7.45. The van der Waals surface area contributed by atoms with Gasteiger partial charge in [0, 0.05) is 39.3 Å². The number of guanidine groups is 1. The van der Waals surface area contributed by atoms with Crippen molar-refractivity contribution in [3.8, 4) is 0 Å². The van der Waals surface area contributed by atoms with Crippen LogP contribution >= 0.6 is 24.0 Å². The van der Waals surface area contributed by atoms with Crippen LogP contribution in [0.25, 0.3) is 0 Å². The van der Waals surface area contributed by atoms with Crippen LogP contribution in [-0.4, -0.2) is 61.6 Å². The van der Waals surface area contributed by atoms with Crippen LogP contribution < -0.4 is 5.32 Å². The molecular formula is C18H35IN4. The van der Waals surface area contributed by atoms with E-state index < -0.39 is 0 Å². The number of aliphatic imine (C=N–C) groups is 1. The van der Waals surface area contributed by atoms with E-state index in [4.69, 9.17) is 0 Å². The van der Waals surface area contributed by atoms with Gasteiger partial charge in [0.15, 0.2) is 5.96 Å². The molecule has 2 heterocycles. The molecule has 5 heteroatoms. The fourth-order valence-corrected chi connectivity index (χ4v) is 4.78. The standard InChI is InChI=1S/C18H34N4.HI/c1-16-7-3-6-12-21(16)14-11-20-17(19-2)22-13-10-18(15-22)8-4-5-9-18;/h16H,3-15H2,1-2H3,(H,19,20);1H. The molecule has 0 amide bonds. The second kappa shape index (κ2) is 8.88. The van der Waals surface area contributed by atoms with Crippen molar-refractivity contribution in [1.29, 1.82) is 0 Å². The van der Waals surface area contributed by atoms with E-state index in [9.17, 15) is 0 Å². The van der Waals surface area contributed by atoms with E-state index in [1.165, 1.54) is 71.0 Å². The van der Waals surface area contributed by atoms with Crippen LogP contribution in [0.3, 0.4) is 0 Å². The van der Waals surface area contributed by atoms with Crippen LogP contribution in [0.5, 0.6) is 0 Å². The van der Waals surface area contributed by atoms with Gasteiger partial charge in [-0.05, 0) is 51.0 Å². The van der Waals surface area contributed by atoms with E-state index in [1.54, 1.807) is 0 Å². The Morgan fingerprint density at radius 3 is 2.61 bits per heavy atom. The highest BCUT2D eigenvalue weighted by atomic mass is 127. The molecule has 1 spiro atoms. The maximum atomic E-state index is 4.54. The molecule has 2 saturated heterocycles. The number of hydrogen-bond acceptors (Lipinski definition) is 2. The van der Waals surface area contributed by atoms with Gasteiger partial charge >= 0.3 is 0 Å². The number of piperidine rings is 1. The van der Waals surface area contributed by atoms with E-state index in [0.29, 0.717) is 5.41 Å². The van der Waals surface area contributed by atoms with E-state index in [0.717, 1.165) is 25.1 Å². The van der Waals surface area contributed by atoms with Gasteiger partial charge < -0.3 is 10.2 Å². The van der Waals surface area contributed by atoms with Crippen LogP contribution in [-0.2, 0) is 0 Å². The topological polar surface area (TPSA) is 30.9 Å². The summed E-state index contributed by atoms with van der Waals surface area (Å²) < 4.78 is 0. The fourth-order valence-electron chi connectivity index (χ4n) is 4.78. The average Bonchev–Trinajstić information content (AvgIpc) is 3.16. The molecule has 3 rings (SSSR count). The Hall–Kier alpha value is -0.0400. The molecule has 1 saturated carbocycles. The second-order valence-electron chi connectivity index (χ2n) is 7.73. The minimum absolute atomic E-state index is 0. The molecule has 0 radical (unpaired) electrons. The van der Waals surface area contributed by atoms with Gasteiger partial charge in [-0.1, -0.05) is 19.3 Å². The van der Waals surface area contributed by atoms with Gasteiger partial charge in [-0.2, -0.15) is 0 Å². The molecular weight excluding hydrogens is 399 g/mol. The summed E-state index contributed by atoms with van der Waals surface area (Å²) in [5.41, 5.74) is 0.624. The highest BCUT2D eigenvalue weighted by Gasteiger charge is 2.41. The quantitative estimate of drug-likeness (QED) is 0.420. The zero-order chi connectivity index (χ0) is 15.4. The molecule has 23 heavy (non-hydrogen) atoms. The summed E-state index contributed by atoms with van der Waals surface area (Å²) in [5, 5.41) is 3.62. The summed E-state index contributed by atoms with van der Waals surface area (Å²) in [4.78, 5) is 9.68. The summed E-state index contributed by atoms with van der Waals surface area (Å²) >= 11 is 0. The molecule has 1 N–H and O–H groups in total. The van der Waals surface area contributed by atoms with E-state index in [1.807, 2.05) is 7.05 Å². The van der Waals surface area contributed by atoms with Gasteiger partial charge in [-0.3, -0.25) is 9.89 Å². The maximum absolute atomic E-state index is 4.54. The highest BCUT2D eigenvalue weighted by Crippen LogP contribution is 2.45. The third-order valence-corrected chi connectivity index (χ3v) is 6.24. The van der Waals surface area contributed by atoms with Crippen molar-refractivity contribution in [2.24, 2.45) is 10.4 Å². The molecule has 3 aliphatic rings. The van der Waals surface area contributed by atoms with E-state index in [-0.39, 0.29) is 24.0 Å². The first-order valence-corrected chi connectivity index (χ1v) is 9.42. The van der Waals surface area contributed by atoms with Crippen molar-refractivity contribution in [2.75, 3.05) is 39.8 Å². The van der Waals surface area contributed by atoms with Gasteiger partial charge in [0.2, 0.25) is 0 Å². The first kappa shape index (κ1) is 19.3. The van der Waals surface area contributed by atoms with Crippen molar-refractivity contribution in [2.45, 2.75) is 64.3 Å². The third kappa shape index (κ3) is 4.74. The normalized spacial score (nSPS) is 28.2. The molecule has 2 aliphatic heterocycles. The monoisotopic (exact) mass is 434 g/mol. The van der Waals surface area contributed by atoms with Gasteiger partial charge in [0.05, 0.1) is 0 Å². The van der Waals surface area contributed by atoms with Crippen LogP contribution in [0, 0.1) is 5.41 Å². The van der Waals surface area contributed by atoms with Crippen LogP contribution in [0.15, 0.2) is 4.99 Å². The predicted molar refractivity (Wildman–Crippen MR) is 109 cm³/mol. The van der Waals surface area contributed by atoms with Crippen molar-refractivity contribution in [3.63, 3.8) is 0 Å². The van der Waals surface area contributed by atoms with Gasteiger partial charge in [-0.15, -0.1) is 24.0 Å². The Morgan fingerprint density at radius 2 is 1.91 bits per heavy atom. The number of likely N-dealkylation sites (tertiary alicyclic amines) is 2. The Balaban J connectivity index is 0.00000192. The van der Waals surface area contributed by atoms with Crippen LogP contribution in [0.1, 0.15) is 58.3 Å². The zero-order valence-electron chi connectivity index (χ0n) is 15.0. The summed E-state index contributed by atoms with van der Waals surface area (Å²) in [6.07, 6.45) is 11.3. The summed E-state index contributed by atoms with van der Waals surface area (Å²) in [5.74, 6) is 1.13. The zero-order valence-corrected chi connectivity index (χ0v) is 17.3. The van der Waals surface area contributed by atoms with Crippen molar-refractivity contribution < 1.29 is 0 Å². The Morgan fingerprint density at radius 1 is 1.13 bits per heavy atom. The summed E-state index contributed by atoms with van der Waals surface area (Å²) in [6.45, 7) is 8.25. The predicted octanol–water partition coefficient (Wildman–Crippen LogP) is 3.32. The second-order valence-corrected chi connectivity index (χ2v) is 7.73. The number of rotatable bonds is 3. The largest absolute Gasteiger partial charge is 0.355 e. The SMILES string of the molecule is CN=C(NCCN1CCCCC1C)N1CCC2(CCCC2)C1.I. The lowest BCUT2D eigenvalue weighted by atomic mass is 9.86. The first-order chi connectivity index (χ1) is 10.7. The van der Waals surface area contributed by atoms with Crippen molar-refractivity contribution in [1.82, 2.24) is 15.1 Å². The molecule has 1 unspecified atom stereocenters. The molecule has 0 bridgehead atoms. The number of hydrogen-bond donors (Lipinski definition) is 1. The maximum Gasteiger partial charge on any atom is 0.193 e. The number of nitrogens with zero attached hydrogens (tertiary/aromatic N) is 3. The van der Waals surface area contributed by atoms with Crippen LogP contribution in [0.2, 0.25) is 0 Å². The molecule has 1 aliphatic carbocycles. The minimum atomic E-state index is 0. The molecule has 134 valence electrons. The molecule has 4 nitrogen and oxygen atoms in total. The van der Waals surface area contributed by atoms with Gasteiger partial charge in [-0.25, -0.2) is 0 Å². The lowest BCUT2D eigenvalue weighted by molar-refractivity contribution is 0.163. The summed E-state index contributed by atoms with van der Waals surface area (Å²) in [7, 11) is 1.94. The Labute approximate surface area is 159 Å². The smallest absolute Gasteiger partial charge is 0.193 e. The minimum Gasteiger partial charge on any atom is -0.355 e. The number of halogens is 1. The third-order valence-electron chi connectivity index (χ3n) is 6.24. The van der Waals surface area contributed by atoms with Crippen molar-refractivity contribution >= 4 is 29.9 Å². The average molecular weight is 434 g/mol. The van der Waals surface area contributed by atoms with Gasteiger partial charge in [0.1, 0.15) is 0 Å². The molecule has 0 aromatic carbocycles. The van der Waals surface area contributed by atoms with E-state index in [2.05, 4.69) is 27.0 Å². The van der Waals surface area contributed by atoms with Gasteiger partial charge in [0.25, 0.3) is 0 Å². The Bertz CT molecular complexity index is 392. The molecule has 1 atom stereocenters. The first-order valence-electron chi connectivity index (χ1n) is 9.42. The summed E-state index contributed by atoms with van der Waals surface area (Å²) in [6, 6.07) is 0.756. The molecule has 0 aromatic heterocycles. The molecule has 3 fully saturated rings. The van der Waals surface area contributed by atoms with Crippen LogP contribution in [0.4, 0.5) is 0 Å². The number of nitrogens with one attached hydrogen (secondary N) is 1.